The van der Waals surface area contributed by atoms with Gasteiger partial charge in [0.1, 0.15) is 10.9 Å². The number of hydrogen-bond acceptors (Lipinski definition) is 9. The molecule has 0 unspecified atom stereocenters. The summed E-state index contributed by atoms with van der Waals surface area (Å²) in [6, 6.07) is 12.7. The molecule has 5 rings (SSSR count). The van der Waals surface area contributed by atoms with Gasteiger partial charge >= 0.3 is 0 Å². The van der Waals surface area contributed by atoms with Crippen LogP contribution in [-0.4, -0.2) is 86.0 Å². The zero-order chi connectivity index (χ0) is 28.2. The van der Waals surface area contributed by atoms with Gasteiger partial charge in [-0.2, -0.15) is 10.1 Å². The van der Waals surface area contributed by atoms with E-state index in [0.717, 1.165) is 43.1 Å². The first-order valence-corrected chi connectivity index (χ1v) is 14.0. The van der Waals surface area contributed by atoms with E-state index in [1.807, 2.05) is 49.3 Å². The average molecular weight is 674 g/mol. The first kappa shape index (κ1) is 28.1. The Labute approximate surface area is 250 Å². The number of nitrogens with zero attached hydrogens (tertiary/aromatic N) is 6. The van der Waals surface area contributed by atoms with Crippen molar-refractivity contribution in [3.05, 3.63) is 59.8 Å². The number of carbonyl (C=O) groups is 1. The minimum Gasteiger partial charge on any atom is -0.506 e. The molecule has 0 bridgehead atoms. The standard InChI is InChI=1S/C27H29ClIN9O2/c1-36(2)10-4-7-22(40)30-18-6-3-5-17(15-18)24-23-25(28)34-35-26(23)33-27(32-24)31-19-8-9-21(39)20(16-19)37-11-13-38(29)14-12-37/h3-9,15-16,39H,10-14H2,1-2H3,(H,30,40)(H2,31,32,33,34,35)/b7-4+. The summed E-state index contributed by atoms with van der Waals surface area (Å²) < 4.78 is 2.23. The number of carbonyl (C=O) groups excluding carboxylic acids is 1. The van der Waals surface area contributed by atoms with E-state index in [1.165, 1.54) is 6.08 Å². The summed E-state index contributed by atoms with van der Waals surface area (Å²) in [5.74, 6) is 0.318. The van der Waals surface area contributed by atoms with Crippen LogP contribution in [0.25, 0.3) is 22.3 Å². The molecular formula is C27H29ClIN9O2. The second-order valence-corrected chi connectivity index (χ2v) is 11.3. The summed E-state index contributed by atoms with van der Waals surface area (Å²) in [7, 11) is 3.87. The number of piperazine rings is 1. The minimum atomic E-state index is -0.224. The number of hydrogen-bond donors (Lipinski definition) is 4. The summed E-state index contributed by atoms with van der Waals surface area (Å²) in [5, 5.41) is 24.6. The Morgan fingerprint density at radius 2 is 1.95 bits per heavy atom. The van der Waals surface area contributed by atoms with Crippen molar-refractivity contribution in [2.75, 3.05) is 62.4 Å². The Balaban J connectivity index is 1.43. The van der Waals surface area contributed by atoms with Crippen molar-refractivity contribution in [2.24, 2.45) is 0 Å². The number of halogens is 2. The van der Waals surface area contributed by atoms with E-state index in [0.29, 0.717) is 40.1 Å². The molecule has 0 saturated carbocycles. The Kier molecular flexibility index (Phi) is 8.69. The van der Waals surface area contributed by atoms with Gasteiger partial charge < -0.3 is 25.5 Å². The van der Waals surface area contributed by atoms with Crippen LogP contribution in [0.2, 0.25) is 5.15 Å². The normalized spacial score (nSPS) is 14.4. The first-order valence-electron chi connectivity index (χ1n) is 12.7. The maximum absolute atomic E-state index is 12.4. The highest BCUT2D eigenvalue weighted by Gasteiger charge is 2.20. The van der Waals surface area contributed by atoms with Crippen molar-refractivity contribution >= 4 is 74.4 Å². The van der Waals surface area contributed by atoms with E-state index in [-0.39, 0.29) is 11.7 Å². The number of phenols is 1. The van der Waals surface area contributed by atoms with Crippen LogP contribution in [-0.2, 0) is 4.79 Å². The number of anilines is 4. The molecular weight excluding hydrogens is 645 g/mol. The number of benzene rings is 2. The van der Waals surface area contributed by atoms with E-state index in [2.05, 4.69) is 56.7 Å². The molecule has 13 heteroatoms. The van der Waals surface area contributed by atoms with Gasteiger partial charge in [0.15, 0.2) is 5.65 Å². The number of likely N-dealkylation sites (N-methyl/N-ethyl adjacent to an activating group) is 1. The van der Waals surface area contributed by atoms with Crippen molar-refractivity contribution < 1.29 is 9.90 Å². The molecule has 0 aliphatic carbocycles. The molecule has 1 amide bonds. The molecule has 2 aromatic carbocycles. The average Bonchev–Trinajstić information content (AvgIpc) is 3.30. The third kappa shape index (κ3) is 6.63. The van der Waals surface area contributed by atoms with E-state index in [4.69, 9.17) is 16.6 Å². The third-order valence-corrected chi connectivity index (χ3v) is 7.55. The number of aromatic nitrogens is 4. The quantitative estimate of drug-likeness (QED) is 0.0916. The lowest BCUT2D eigenvalue weighted by Crippen LogP contribution is -2.42. The number of aromatic hydroxyl groups is 1. The van der Waals surface area contributed by atoms with Crippen molar-refractivity contribution in [2.45, 2.75) is 0 Å². The second kappa shape index (κ2) is 12.4. The highest BCUT2D eigenvalue weighted by atomic mass is 127. The van der Waals surface area contributed by atoms with Crippen LogP contribution in [0.5, 0.6) is 5.75 Å². The zero-order valence-electron chi connectivity index (χ0n) is 22.0. The van der Waals surface area contributed by atoms with Gasteiger partial charge in [0, 0.05) is 78.6 Å². The molecule has 208 valence electrons. The Morgan fingerprint density at radius 3 is 2.73 bits per heavy atom. The molecule has 1 aliphatic heterocycles. The summed E-state index contributed by atoms with van der Waals surface area (Å²) in [6.07, 6.45) is 3.31. The van der Waals surface area contributed by atoms with Crippen LogP contribution in [0.1, 0.15) is 0 Å². The van der Waals surface area contributed by atoms with Gasteiger partial charge in [0.05, 0.1) is 16.8 Å². The number of fused-ring (bicyclic) bond motifs is 1. The Bertz CT molecular complexity index is 1550. The fourth-order valence-corrected chi connectivity index (χ4v) is 5.01. The van der Waals surface area contributed by atoms with E-state index >= 15 is 0 Å². The number of amides is 1. The molecule has 0 spiro atoms. The van der Waals surface area contributed by atoms with Gasteiger partial charge in [-0.25, -0.2) is 8.10 Å². The lowest BCUT2D eigenvalue weighted by molar-refractivity contribution is -0.111. The molecule has 1 saturated heterocycles. The maximum atomic E-state index is 12.4. The highest BCUT2D eigenvalue weighted by molar-refractivity contribution is 14.1. The van der Waals surface area contributed by atoms with Crippen LogP contribution >= 0.6 is 34.5 Å². The first-order chi connectivity index (χ1) is 19.3. The lowest BCUT2D eigenvalue weighted by Gasteiger charge is -2.33. The molecule has 40 heavy (non-hydrogen) atoms. The number of aromatic amines is 1. The third-order valence-electron chi connectivity index (χ3n) is 6.31. The molecule has 4 N–H and O–H groups in total. The molecule has 3 heterocycles. The van der Waals surface area contributed by atoms with Crippen LogP contribution in [0.15, 0.2) is 54.6 Å². The van der Waals surface area contributed by atoms with Gasteiger partial charge in [-0.05, 0) is 44.4 Å². The number of phenolic OH excluding ortho intramolecular Hbond substituents is 1. The highest BCUT2D eigenvalue weighted by Crippen LogP contribution is 2.35. The van der Waals surface area contributed by atoms with Gasteiger partial charge in [0.2, 0.25) is 11.9 Å². The van der Waals surface area contributed by atoms with Gasteiger partial charge in [-0.15, -0.1) is 0 Å². The van der Waals surface area contributed by atoms with E-state index in [1.54, 1.807) is 18.2 Å². The summed E-state index contributed by atoms with van der Waals surface area (Å²) in [4.78, 5) is 25.9. The van der Waals surface area contributed by atoms with E-state index in [9.17, 15) is 9.90 Å². The minimum absolute atomic E-state index is 0.221. The van der Waals surface area contributed by atoms with Crippen molar-refractivity contribution in [1.82, 2.24) is 28.2 Å². The van der Waals surface area contributed by atoms with Crippen molar-refractivity contribution in [1.29, 1.82) is 0 Å². The van der Waals surface area contributed by atoms with Gasteiger partial charge in [0.25, 0.3) is 0 Å². The largest absolute Gasteiger partial charge is 0.506 e. The monoisotopic (exact) mass is 673 g/mol. The lowest BCUT2D eigenvalue weighted by atomic mass is 10.1. The van der Waals surface area contributed by atoms with Gasteiger partial charge in [-0.1, -0.05) is 29.8 Å². The zero-order valence-corrected chi connectivity index (χ0v) is 24.9. The molecule has 11 nitrogen and oxygen atoms in total. The van der Waals surface area contributed by atoms with Crippen molar-refractivity contribution in [3.8, 4) is 17.0 Å². The number of H-pyrrole nitrogens is 1. The predicted octanol–water partition coefficient (Wildman–Crippen LogP) is 4.65. The topological polar surface area (TPSA) is 126 Å². The fourth-order valence-electron chi connectivity index (χ4n) is 4.36. The summed E-state index contributed by atoms with van der Waals surface area (Å²) in [6.45, 7) is 4.12. The molecule has 0 atom stereocenters. The van der Waals surface area contributed by atoms with Crippen LogP contribution in [0.3, 0.4) is 0 Å². The number of rotatable bonds is 8. The predicted molar refractivity (Wildman–Crippen MR) is 168 cm³/mol. The molecule has 1 aliphatic rings. The van der Waals surface area contributed by atoms with E-state index < -0.39 is 0 Å². The summed E-state index contributed by atoms with van der Waals surface area (Å²) >= 11 is 8.76. The van der Waals surface area contributed by atoms with Crippen LogP contribution in [0.4, 0.5) is 23.0 Å². The van der Waals surface area contributed by atoms with Gasteiger partial charge in [-0.3, -0.25) is 9.89 Å². The maximum Gasteiger partial charge on any atom is 0.248 e. The SMILES string of the molecule is CN(C)C/C=C/C(=O)Nc1cccc(-c2nc(Nc3ccc(O)c(N4CCN(I)CC4)c3)nc3n[nH]c(Cl)c23)c1. The smallest absolute Gasteiger partial charge is 0.248 e. The fraction of sp³-hybridized carbons (Fsp3) is 0.259. The summed E-state index contributed by atoms with van der Waals surface area (Å²) in [5.41, 5.74) is 3.78. The Morgan fingerprint density at radius 1 is 1.15 bits per heavy atom. The van der Waals surface area contributed by atoms with Crippen LogP contribution in [0, 0.1) is 0 Å². The molecule has 2 aromatic heterocycles. The molecule has 0 radical (unpaired) electrons. The number of nitrogens with one attached hydrogen (secondary N) is 3. The molecule has 4 aromatic rings. The van der Waals surface area contributed by atoms with Crippen molar-refractivity contribution in [3.63, 3.8) is 0 Å². The van der Waals surface area contributed by atoms with Crippen LogP contribution < -0.4 is 15.5 Å². The molecule has 1 fully saturated rings. The Hall–Kier alpha value is -3.46. The second-order valence-electron chi connectivity index (χ2n) is 9.59.